The van der Waals surface area contributed by atoms with Gasteiger partial charge in [-0.05, 0) is 26.7 Å². The number of unbranched alkanes of at least 4 members (excludes halogenated alkanes) is 1. The van der Waals surface area contributed by atoms with Gasteiger partial charge in [0.1, 0.15) is 0 Å². The standard InChI is InChI=1S/C18H26N4O6/c1-13-11-15(25)21(17(27)19(13)7-9-23)5-3-4-6-22-16(26)12-14(2)20(8-10-24)18(22)28/h11-12,23-24H,3-10H2,1-2H3. The molecule has 2 aromatic rings. The second-order valence-corrected chi connectivity index (χ2v) is 6.57. The van der Waals surface area contributed by atoms with E-state index < -0.39 is 22.5 Å². The fourth-order valence-electron chi connectivity index (χ4n) is 3.15. The van der Waals surface area contributed by atoms with Gasteiger partial charge in [0.25, 0.3) is 11.1 Å². The minimum absolute atomic E-state index is 0.105. The Morgan fingerprint density at radius 2 is 1.00 bits per heavy atom. The molecule has 0 radical (unpaired) electrons. The molecule has 0 aliphatic carbocycles. The predicted octanol–water partition coefficient (Wildman–Crippen LogP) is -1.58. The molecule has 0 aliphatic rings. The molecule has 154 valence electrons. The molecule has 10 nitrogen and oxygen atoms in total. The van der Waals surface area contributed by atoms with E-state index in [9.17, 15) is 19.2 Å². The first-order valence-electron chi connectivity index (χ1n) is 9.16. The number of nitrogens with zero attached hydrogens (tertiary/aromatic N) is 4. The lowest BCUT2D eigenvalue weighted by Crippen LogP contribution is -2.42. The molecule has 0 aromatic carbocycles. The Hall–Kier alpha value is -2.72. The van der Waals surface area contributed by atoms with Crippen molar-refractivity contribution >= 4 is 0 Å². The first-order chi connectivity index (χ1) is 13.3. The van der Waals surface area contributed by atoms with Gasteiger partial charge in [-0.15, -0.1) is 0 Å². The highest BCUT2D eigenvalue weighted by molar-refractivity contribution is 5.01. The van der Waals surface area contributed by atoms with Crippen molar-refractivity contribution in [2.75, 3.05) is 13.2 Å². The summed E-state index contributed by atoms with van der Waals surface area (Å²) in [6.45, 7) is 3.34. The van der Waals surface area contributed by atoms with Crippen LogP contribution in [0.15, 0.2) is 31.3 Å². The summed E-state index contributed by atoms with van der Waals surface area (Å²) >= 11 is 0. The van der Waals surface area contributed by atoms with Crippen LogP contribution in [0.3, 0.4) is 0 Å². The predicted molar refractivity (Wildman–Crippen MR) is 103 cm³/mol. The summed E-state index contributed by atoms with van der Waals surface area (Å²) in [6.07, 6.45) is 0.828. The molecule has 0 aliphatic heterocycles. The Kier molecular flexibility index (Phi) is 7.30. The Morgan fingerprint density at radius 1 is 0.643 bits per heavy atom. The highest BCUT2D eigenvalue weighted by Crippen LogP contribution is 1.97. The van der Waals surface area contributed by atoms with Gasteiger partial charge in [-0.2, -0.15) is 0 Å². The van der Waals surface area contributed by atoms with Crippen molar-refractivity contribution in [3.8, 4) is 0 Å². The molecule has 0 unspecified atom stereocenters. The van der Waals surface area contributed by atoms with Gasteiger partial charge in [0.2, 0.25) is 0 Å². The molecule has 0 spiro atoms. The van der Waals surface area contributed by atoms with E-state index in [1.807, 2.05) is 0 Å². The van der Waals surface area contributed by atoms with Crippen molar-refractivity contribution < 1.29 is 10.2 Å². The van der Waals surface area contributed by atoms with E-state index in [1.165, 1.54) is 21.3 Å². The van der Waals surface area contributed by atoms with Crippen molar-refractivity contribution in [3.05, 3.63) is 65.2 Å². The zero-order valence-corrected chi connectivity index (χ0v) is 16.1. The largest absolute Gasteiger partial charge is 0.395 e. The van der Waals surface area contributed by atoms with Gasteiger partial charge < -0.3 is 10.2 Å². The quantitative estimate of drug-likeness (QED) is 0.494. The molecule has 2 heterocycles. The Balaban J connectivity index is 2.14. The number of rotatable bonds is 9. The van der Waals surface area contributed by atoms with Crippen LogP contribution in [0.5, 0.6) is 0 Å². The van der Waals surface area contributed by atoms with Gasteiger partial charge in [0.15, 0.2) is 0 Å². The first-order valence-corrected chi connectivity index (χ1v) is 9.16. The summed E-state index contributed by atoms with van der Waals surface area (Å²) in [4.78, 5) is 49.0. The maximum atomic E-state index is 12.4. The number of hydrogen-bond acceptors (Lipinski definition) is 6. The maximum Gasteiger partial charge on any atom is 0.331 e. The van der Waals surface area contributed by atoms with Crippen molar-refractivity contribution in [2.45, 2.75) is 52.9 Å². The fourth-order valence-corrected chi connectivity index (χ4v) is 3.15. The van der Waals surface area contributed by atoms with Gasteiger partial charge in [0, 0.05) is 36.6 Å². The SMILES string of the molecule is Cc1cc(=O)n(CCCCn2c(=O)cc(C)n(CCO)c2=O)c(=O)n1CCO. The molecule has 0 fully saturated rings. The minimum atomic E-state index is -0.489. The van der Waals surface area contributed by atoms with E-state index in [1.54, 1.807) is 13.8 Å². The zero-order chi connectivity index (χ0) is 20.8. The molecule has 0 saturated carbocycles. The van der Waals surface area contributed by atoms with E-state index in [2.05, 4.69) is 0 Å². The van der Waals surface area contributed by atoms with Gasteiger partial charge in [-0.25, -0.2) is 9.59 Å². The van der Waals surface area contributed by atoms with Crippen molar-refractivity contribution in [3.63, 3.8) is 0 Å². The van der Waals surface area contributed by atoms with Crippen LogP contribution < -0.4 is 22.5 Å². The number of aliphatic hydroxyl groups excluding tert-OH is 2. The van der Waals surface area contributed by atoms with Gasteiger partial charge in [-0.1, -0.05) is 0 Å². The molecule has 0 atom stereocenters. The van der Waals surface area contributed by atoms with Crippen molar-refractivity contribution in [1.29, 1.82) is 0 Å². The summed E-state index contributed by atoms with van der Waals surface area (Å²) in [7, 11) is 0. The van der Waals surface area contributed by atoms with Crippen LogP contribution in [0.4, 0.5) is 0 Å². The second-order valence-electron chi connectivity index (χ2n) is 6.57. The van der Waals surface area contributed by atoms with Crippen molar-refractivity contribution in [1.82, 2.24) is 18.3 Å². The molecule has 2 rings (SSSR count). The molecule has 0 amide bonds. The average molecular weight is 394 g/mol. The van der Waals surface area contributed by atoms with Crippen LogP contribution >= 0.6 is 0 Å². The van der Waals surface area contributed by atoms with Gasteiger partial charge >= 0.3 is 11.4 Å². The van der Waals surface area contributed by atoms with Crippen molar-refractivity contribution in [2.24, 2.45) is 0 Å². The summed E-state index contributed by atoms with van der Waals surface area (Å²) in [5, 5.41) is 18.1. The highest BCUT2D eigenvalue weighted by Gasteiger charge is 2.10. The van der Waals surface area contributed by atoms with Crippen LogP contribution in [-0.4, -0.2) is 41.7 Å². The topological polar surface area (TPSA) is 128 Å². The van der Waals surface area contributed by atoms with Crippen LogP contribution in [0, 0.1) is 13.8 Å². The van der Waals surface area contributed by atoms with Crippen LogP contribution in [-0.2, 0) is 26.2 Å². The minimum Gasteiger partial charge on any atom is -0.395 e. The highest BCUT2D eigenvalue weighted by atomic mass is 16.3. The summed E-state index contributed by atoms with van der Waals surface area (Å²) < 4.78 is 4.84. The third kappa shape index (κ3) is 4.57. The number of aliphatic hydroxyl groups is 2. The van der Waals surface area contributed by atoms with Gasteiger partial charge in [-0.3, -0.25) is 27.9 Å². The second kappa shape index (κ2) is 9.47. The summed E-state index contributed by atoms with van der Waals surface area (Å²) in [5.74, 6) is 0. The monoisotopic (exact) mass is 394 g/mol. The smallest absolute Gasteiger partial charge is 0.331 e. The summed E-state index contributed by atoms with van der Waals surface area (Å²) in [5.41, 5.74) is -0.857. The van der Waals surface area contributed by atoms with Crippen LogP contribution in [0.25, 0.3) is 0 Å². The van der Waals surface area contributed by atoms with E-state index in [0.29, 0.717) is 24.2 Å². The van der Waals surface area contributed by atoms with E-state index >= 15 is 0 Å². The average Bonchev–Trinajstić information content (AvgIpc) is 2.63. The van der Waals surface area contributed by atoms with Crippen LogP contribution in [0.1, 0.15) is 24.2 Å². The third-order valence-electron chi connectivity index (χ3n) is 4.63. The molecular weight excluding hydrogens is 368 g/mol. The molecule has 28 heavy (non-hydrogen) atoms. The van der Waals surface area contributed by atoms with Gasteiger partial charge in [0.05, 0.1) is 26.3 Å². The van der Waals surface area contributed by atoms with E-state index in [-0.39, 0.29) is 39.4 Å². The Morgan fingerprint density at radius 3 is 1.32 bits per heavy atom. The fraction of sp³-hybridized carbons (Fsp3) is 0.556. The third-order valence-corrected chi connectivity index (χ3v) is 4.63. The maximum absolute atomic E-state index is 12.4. The lowest BCUT2D eigenvalue weighted by molar-refractivity contribution is 0.269. The molecule has 2 aromatic heterocycles. The molecule has 0 saturated heterocycles. The van der Waals surface area contributed by atoms with E-state index in [0.717, 1.165) is 9.13 Å². The number of hydrogen-bond donors (Lipinski definition) is 2. The zero-order valence-electron chi connectivity index (χ0n) is 16.1. The Bertz CT molecular complexity index is 974. The lowest BCUT2D eigenvalue weighted by atomic mass is 10.3. The first kappa shape index (κ1) is 21.6. The number of aryl methyl sites for hydroxylation is 2. The molecule has 10 heteroatoms. The molecular formula is C18H26N4O6. The molecule has 2 N–H and O–H groups in total. The number of aromatic nitrogens is 4. The van der Waals surface area contributed by atoms with E-state index in [4.69, 9.17) is 10.2 Å². The summed E-state index contributed by atoms with van der Waals surface area (Å²) in [6, 6.07) is 2.68. The Labute approximate surface area is 160 Å². The van der Waals surface area contributed by atoms with Crippen LogP contribution in [0.2, 0.25) is 0 Å². The normalized spacial score (nSPS) is 11.1. The lowest BCUT2D eigenvalue weighted by Gasteiger charge is -2.13. The molecule has 0 bridgehead atoms.